The summed E-state index contributed by atoms with van der Waals surface area (Å²) in [7, 11) is 0. The first-order chi connectivity index (χ1) is 12.2. The third-order valence-electron chi connectivity index (χ3n) is 4.31. The van der Waals surface area contributed by atoms with Crippen molar-refractivity contribution in [3.05, 3.63) is 30.2 Å². The molecule has 0 bridgehead atoms. The molecule has 0 aromatic carbocycles. The van der Waals surface area contributed by atoms with E-state index < -0.39 is 0 Å². The second-order valence-corrected chi connectivity index (χ2v) is 8.20. The first-order valence-corrected chi connectivity index (χ1v) is 10.2. The Balaban J connectivity index is 1.38. The Morgan fingerprint density at radius 1 is 1.40 bits per heavy atom. The van der Waals surface area contributed by atoms with Crippen LogP contribution in [0.1, 0.15) is 18.6 Å². The highest BCUT2D eigenvalue weighted by atomic mass is 32.2. The molecule has 1 saturated heterocycles. The van der Waals surface area contributed by atoms with Crippen LogP contribution < -0.4 is 4.74 Å². The lowest BCUT2D eigenvalue weighted by Gasteiger charge is -2.31. The summed E-state index contributed by atoms with van der Waals surface area (Å²) < 4.78 is 13.7. The van der Waals surface area contributed by atoms with Gasteiger partial charge in [0.15, 0.2) is 5.76 Å². The minimum atomic E-state index is -0.0597. The normalized spacial score (nSPS) is 16.5. The third-order valence-corrected chi connectivity index (χ3v) is 6.51. The molecule has 8 heteroatoms. The minimum Gasteiger partial charge on any atom is -0.491 e. The zero-order valence-corrected chi connectivity index (χ0v) is 15.5. The van der Waals surface area contributed by atoms with E-state index in [4.69, 9.17) is 9.26 Å². The van der Waals surface area contributed by atoms with Crippen LogP contribution in [0, 0.1) is 0 Å². The Kier molecular flexibility index (Phi) is 4.82. The maximum absolute atomic E-state index is 9.25. The molecule has 1 N–H and O–H groups in total. The van der Waals surface area contributed by atoms with E-state index in [0.29, 0.717) is 12.3 Å². The summed E-state index contributed by atoms with van der Waals surface area (Å²) in [6.07, 6.45) is 6.04. The smallest absolute Gasteiger partial charge is 0.251 e. The van der Waals surface area contributed by atoms with Crippen molar-refractivity contribution in [3.8, 4) is 11.6 Å². The minimum absolute atomic E-state index is 0.0597. The zero-order chi connectivity index (χ0) is 17.2. The Bertz CT molecular complexity index is 856. The van der Waals surface area contributed by atoms with Crippen LogP contribution in [-0.2, 0) is 6.54 Å². The topological polar surface area (TPSA) is 71.6 Å². The molecule has 0 unspecified atom stereocenters. The Morgan fingerprint density at radius 3 is 2.96 bits per heavy atom. The number of nitrogens with zero attached hydrogens (tertiary/aromatic N) is 3. The quantitative estimate of drug-likeness (QED) is 0.679. The first kappa shape index (κ1) is 16.7. The van der Waals surface area contributed by atoms with E-state index in [2.05, 4.69) is 27.4 Å². The van der Waals surface area contributed by atoms with E-state index in [-0.39, 0.29) is 12.0 Å². The number of fused-ring (bicyclic) bond motifs is 1. The fraction of sp³-hybridized carbons (Fsp3) is 0.412. The molecule has 3 aromatic rings. The number of thioether (sulfide) groups is 1. The van der Waals surface area contributed by atoms with Crippen molar-refractivity contribution in [1.82, 2.24) is 15.0 Å². The highest BCUT2D eigenvalue weighted by Gasteiger charge is 2.22. The molecule has 6 nitrogen and oxygen atoms in total. The molecule has 25 heavy (non-hydrogen) atoms. The summed E-state index contributed by atoms with van der Waals surface area (Å²) >= 11 is 3.48. The summed E-state index contributed by atoms with van der Waals surface area (Å²) in [5, 5.41) is 12.8. The van der Waals surface area contributed by atoms with Gasteiger partial charge in [0.1, 0.15) is 11.9 Å². The molecule has 4 rings (SSSR count). The van der Waals surface area contributed by atoms with Gasteiger partial charge in [-0.25, -0.2) is 0 Å². The SMILES string of the molecule is CSc1cc2nccc(OC3CCN(Cc4cc(O)no4)CC3)c2s1. The molecule has 132 valence electrons. The number of likely N-dealkylation sites (tertiary alicyclic amines) is 1. The van der Waals surface area contributed by atoms with Crippen molar-refractivity contribution >= 4 is 33.3 Å². The molecule has 0 aliphatic carbocycles. The van der Waals surface area contributed by atoms with Crippen LogP contribution in [0.3, 0.4) is 0 Å². The fourth-order valence-electron chi connectivity index (χ4n) is 3.05. The van der Waals surface area contributed by atoms with Gasteiger partial charge in [-0.3, -0.25) is 9.88 Å². The molecular formula is C17H19N3O3S2. The Labute approximate surface area is 153 Å². The second kappa shape index (κ2) is 7.23. The monoisotopic (exact) mass is 377 g/mol. The van der Waals surface area contributed by atoms with Crippen LogP contribution in [0.2, 0.25) is 0 Å². The average Bonchev–Trinajstić information content (AvgIpc) is 3.23. The van der Waals surface area contributed by atoms with Crippen LogP contribution in [0.15, 0.2) is 33.1 Å². The maximum atomic E-state index is 9.25. The van der Waals surface area contributed by atoms with Crippen molar-refractivity contribution in [1.29, 1.82) is 0 Å². The van der Waals surface area contributed by atoms with E-state index in [9.17, 15) is 5.11 Å². The predicted octanol–water partition coefficient (Wildman–Crippen LogP) is 3.76. The van der Waals surface area contributed by atoms with Gasteiger partial charge in [0.05, 0.1) is 21.0 Å². The van der Waals surface area contributed by atoms with Crippen molar-refractivity contribution in [2.24, 2.45) is 0 Å². The Morgan fingerprint density at radius 2 is 2.24 bits per heavy atom. The summed E-state index contributed by atoms with van der Waals surface area (Å²) in [6, 6.07) is 5.65. The van der Waals surface area contributed by atoms with Crippen molar-refractivity contribution in [2.45, 2.75) is 29.7 Å². The highest BCUT2D eigenvalue weighted by Crippen LogP contribution is 2.37. The number of rotatable bonds is 5. The fourth-order valence-corrected chi connectivity index (χ4v) is 4.67. The van der Waals surface area contributed by atoms with Gasteiger partial charge in [-0.1, -0.05) is 0 Å². The van der Waals surface area contributed by atoms with Crippen LogP contribution in [0.4, 0.5) is 0 Å². The molecule has 1 aliphatic heterocycles. The van der Waals surface area contributed by atoms with E-state index in [1.165, 1.54) is 4.21 Å². The number of aromatic nitrogens is 2. The lowest BCUT2D eigenvalue weighted by molar-refractivity contribution is 0.0926. The van der Waals surface area contributed by atoms with Gasteiger partial charge in [0, 0.05) is 25.4 Å². The lowest BCUT2D eigenvalue weighted by atomic mass is 10.1. The van der Waals surface area contributed by atoms with Gasteiger partial charge < -0.3 is 14.4 Å². The molecule has 0 atom stereocenters. The van der Waals surface area contributed by atoms with Gasteiger partial charge in [-0.15, -0.1) is 23.1 Å². The zero-order valence-electron chi connectivity index (χ0n) is 13.8. The summed E-state index contributed by atoms with van der Waals surface area (Å²) in [5.41, 5.74) is 1.01. The third kappa shape index (κ3) is 3.75. The molecule has 4 heterocycles. The number of pyridine rings is 1. The summed E-state index contributed by atoms with van der Waals surface area (Å²) in [6.45, 7) is 2.53. The number of thiophene rings is 1. The molecule has 1 fully saturated rings. The number of aromatic hydroxyl groups is 1. The van der Waals surface area contributed by atoms with Crippen molar-refractivity contribution in [2.75, 3.05) is 19.3 Å². The van der Waals surface area contributed by atoms with Crippen molar-refractivity contribution < 1.29 is 14.4 Å². The molecule has 0 saturated carbocycles. The van der Waals surface area contributed by atoms with E-state index >= 15 is 0 Å². The maximum Gasteiger partial charge on any atom is 0.251 e. The molecular weight excluding hydrogens is 358 g/mol. The number of hydrogen-bond acceptors (Lipinski definition) is 8. The van der Waals surface area contributed by atoms with E-state index in [1.807, 2.05) is 12.3 Å². The van der Waals surface area contributed by atoms with Crippen LogP contribution in [-0.4, -0.2) is 45.6 Å². The van der Waals surface area contributed by atoms with Gasteiger partial charge in [-0.05, 0) is 36.4 Å². The molecule has 3 aromatic heterocycles. The van der Waals surface area contributed by atoms with Gasteiger partial charge in [0.25, 0.3) is 5.88 Å². The predicted molar refractivity (Wildman–Crippen MR) is 98.5 cm³/mol. The first-order valence-electron chi connectivity index (χ1n) is 8.17. The lowest BCUT2D eigenvalue weighted by Crippen LogP contribution is -2.37. The van der Waals surface area contributed by atoms with Gasteiger partial charge >= 0.3 is 0 Å². The largest absolute Gasteiger partial charge is 0.491 e. The molecule has 0 radical (unpaired) electrons. The van der Waals surface area contributed by atoms with Crippen molar-refractivity contribution in [3.63, 3.8) is 0 Å². The standard InChI is InChI=1S/C17H19N3O3S2/c1-24-16-9-13-17(25-16)14(2-5-18-13)22-11-3-6-20(7-4-11)10-12-8-15(21)19-23-12/h2,5,8-9,11H,3-4,6-7,10H2,1H3,(H,19,21). The van der Waals surface area contributed by atoms with Crippen LogP contribution in [0.25, 0.3) is 10.2 Å². The van der Waals surface area contributed by atoms with Crippen LogP contribution >= 0.6 is 23.1 Å². The highest BCUT2D eigenvalue weighted by molar-refractivity contribution is 8.00. The van der Waals surface area contributed by atoms with Gasteiger partial charge in [0.2, 0.25) is 0 Å². The number of ether oxygens (including phenoxy) is 1. The molecule has 1 aliphatic rings. The van der Waals surface area contributed by atoms with Crippen LogP contribution in [0.5, 0.6) is 11.6 Å². The average molecular weight is 377 g/mol. The van der Waals surface area contributed by atoms with E-state index in [1.54, 1.807) is 29.2 Å². The molecule has 0 spiro atoms. The molecule has 0 amide bonds. The van der Waals surface area contributed by atoms with E-state index in [0.717, 1.165) is 41.9 Å². The Hall–Kier alpha value is -1.77. The summed E-state index contributed by atoms with van der Waals surface area (Å²) in [5.74, 6) is 1.57. The summed E-state index contributed by atoms with van der Waals surface area (Å²) in [4.78, 5) is 6.73. The number of hydrogen-bond donors (Lipinski definition) is 1. The number of piperidine rings is 1. The van der Waals surface area contributed by atoms with Gasteiger partial charge in [-0.2, -0.15) is 0 Å². The second-order valence-electron chi connectivity index (χ2n) is 6.04.